The Labute approximate surface area is 75.3 Å². The molecule has 72 valence electrons. The summed E-state index contributed by atoms with van der Waals surface area (Å²) < 4.78 is 4.95. The summed E-state index contributed by atoms with van der Waals surface area (Å²) in [6.07, 6.45) is 0.277. The molecule has 2 aliphatic rings. The van der Waals surface area contributed by atoms with Crippen LogP contribution in [0.2, 0.25) is 0 Å². The van der Waals surface area contributed by atoms with Crippen molar-refractivity contribution in [3.8, 4) is 0 Å². The summed E-state index contributed by atoms with van der Waals surface area (Å²) in [6.45, 7) is 0.236. The van der Waals surface area contributed by atoms with Gasteiger partial charge in [0.25, 0.3) is 0 Å². The molecule has 0 radical (unpaired) electrons. The Morgan fingerprint density at radius 2 is 2.23 bits per heavy atom. The average Bonchev–Trinajstić information content (AvgIpc) is 2.52. The Morgan fingerprint density at radius 1 is 1.46 bits per heavy atom. The van der Waals surface area contributed by atoms with E-state index in [0.29, 0.717) is 6.54 Å². The Bertz CT molecular complexity index is 253. The number of ether oxygens (including phenoxy) is 1. The highest BCUT2D eigenvalue weighted by atomic mass is 16.6. The number of aliphatic hydroxyl groups is 1. The molecule has 2 heterocycles. The van der Waals surface area contributed by atoms with Crippen molar-refractivity contribution in [1.82, 2.24) is 4.90 Å². The van der Waals surface area contributed by atoms with Crippen LogP contribution in [0.1, 0.15) is 12.8 Å². The number of fused-ring (bicyclic) bond motifs is 1. The summed E-state index contributed by atoms with van der Waals surface area (Å²) in [5, 5.41) is 8.71. The van der Waals surface area contributed by atoms with Crippen molar-refractivity contribution >= 4 is 11.9 Å². The minimum Gasteiger partial charge on any atom is -0.460 e. The number of likely N-dealkylation sites (tertiary alicyclic amines) is 1. The molecule has 0 aromatic heterocycles. The number of esters is 1. The minimum absolute atomic E-state index is 0.0310. The Morgan fingerprint density at radius 3 is 2.92 bits per heavy atom. The molecule has 2 rings (SSSR count). The lowest BCUT2D eigenvalue weighted by atomic mass is 10.1. The number of hydrogen-bond acceptors (Lipinski definition) is 4. The van der Waals surface area contributed by atoms with E-state index < -0.39 is 0 Å². The number of nitrogens with zero attached hydrogens (tertiary/aromatic N) is 1. The second-order valence-electron chi connectivity index (χ2n) is 3.31. The van der Waals surface area contributed by atoms with Gasteiger partial charge in [0.15, 0.2) is 0 Å². The topological polar surface area (TPSA) is 66.8 Å². The molecule has 5 nitrogen and oxygen atoms in total. The van der Waals surface area contributed by atoms with E-state index in [9.17, 15) is 9.59 Å². The molecule has 0 spiro atoms. The van der Waals surface area contributed by atoms with Crippen LogP contribution < -0.4 is 0 Å². The number of aliphatic hydroxyl groups excluding tert-OH is 1. The fourth-order valence-corrected chi connectivity index (χ4v) is 1.96. The van der Waals surface area contributed by atoms with E-state index in [4.69, 9.17) is 9.84 Å². The largest absolute Gasteiger partial charge is 0.460 e. The third-order valence-corrected chi connectivity index (χ3v) is 2.53. The zero-order valence-electron chi connectivity index (χ0n) is 7.10. The molecule has 2 fully saturated rings. The number of amides is 1. The number of rotatable bonds is 2. The third kappa shape index (κ3) is 1.29. The van der Waals surface area contributed by atoms with Crippen LogP contribution in [0.3, 0.4) is 0 Å². The lowest BCUT2D eigenvalue weighted by molar-refractivity contribution is -0.142. The molecule has 1 N–H and O–H groups in total. The van der Waals surface area contributed by atoms with Gasteiger partial charge in [0, 0.05) is 6.54 Å². The van der Waals surface area contributed by atoms with E-state index in [1.807, 2.05) is 0 Å². The van der Waals surface area contributed by atoms with Crippen molar-refractivity contribution in [1.29, 1.82) is 0 Å². The molecule has 5 heteroatoms. The standard InChI is InChI=1S/C8H11NO4/c10-2-1-9-5-3-8(12)13-6(5)4-7(9)11/h5-6,10H,1-4H2/t5-,6-/m1/s1. The van der Waals surface area contributed by atoms with E-state index in [1.165, 1.54) is 4.90 Å². The normalized spacial score (nSPS) is 32.2. The molecule has 1 amide bonds. The molecule has 0 unspecified atom stereocenters. The van der Waals surface area contributed by atoms with Gasteiger partial charge in [-0.25, -0.2) is 0 Å². The van der Waals surface area contributed by atoms with E-state index in [1.54, 1.807) is 0 Å². The van der Waals surface area contributed by atoms with Crippen molar-refractivity contribution in [3.05, 3.63) is 0 Å². The van der Waals surface area contributed by atoms with Crippen molar-refractivity contribution in [3.63, 3.8) is 0 Å². The van der Waals surface area contributed by atoms with Gasteiger partial charge >= 0.3 is 5.97 Å². The van der Waals surface area contributed by atoms with E-state index in [-0.39, 0.29) is 43.5 Å². The van der Waals surface area contributed by atoms with Crippen LogP contribution in [0.25, 0.3) is 0 Å². The molecular weight excluding hydrogens is 174 g/mol. The molecule has 0 aromatic carbocycles. The van der Waals surface area contributed by atoms with E-state index >= 15 is 0 Å². The molecular formula is C8H11NO4. The van der Waals surface area contributed by atoms with Gasteiger partial charge in [0.2, 0.25) is 5.91 Å². The van der Waals surface area contributed by atoms with Crippen molar-refractivity contribution in [2.45, 2.75) is 25.0 Å². The lowest BCUT2D eigenvalue weighted by Crippen LogP contribution is -2.36. The van der Waals surface area contributed by atoms with Gasteiger partial charge in [-0.15, -0.1) is 0 Å². The Kier molecular flexibility index (Phi) is 1.95. The molecule has 2 atom stereocenters. The van der Waals surface area contributed by atoms with Crippen molar-refractivity contribution in [2.75, 3.05) is 13.2 Å². The van der Waals surface area contributed by atoms with Gasteiger partial charge in [-0.2, -0.15) is 0 Å². The Hall–Kier alpha value is -1.10. The summed E-state index contributed by atoms with van der Waals surface area (Å²) in [5.74, 6) is -0.276. The fourth-order valence-electron chi connectivity index (χ4n) is 1.96. The Balaban J connectivity index is 2.10. The quantitative estimate of drug-likeness (QED) is 0.554. The first-order chi connectivity index (χ1) is 6.22. The van der Waals surface area contributed by atoms with Gasteiger partial charge in [0.1, 0.15) is 6.10 Å². The van der Waals surface area contributed by atoms with Crippen LogP contribution >= 0.6 is 0 Å². The van der Waals surface area contributed by atoms with Gasteiger partial charge in [-0.1, -0.05) is 0 Å². The third-order valence-electron chi connectivity index (χ3n) is 2.53. The first kappa shape index (κ1) is 8.50. The monoisotopic (exact) mass is 185 g/mol. The molecule has 0 saturated carbocycles. The highest BCUT2D eigenvalue weighted by Crippen LogP contribution is 2.30. The summed E-state index contributed by atoms with van der Waals surface area (Å²) in [6, 6.07) is -0.132. The maximum atomic E-state index is 11.3. The van der Waals surface area contributed by atoms with Gasteiger partial charge in [0.05, 0.1) is 25.5 Å². The van der Waals surface area contributed by atoms with Crippen LogP contribution in [0, 0.1) is 0 Å². The summed E-state index contributed by atoms with van der Waals surface area (Å²) >= 11 is 0. The predicted octanol–water partition coefficient (Wildman–Crippen LogP) is -1.10. The minimum atomic E-state index is -0.272. The molecule has 2 aliphatic heterocycles. The van der Waals surface area contributed by atoms with Gasteiger partial charge in [-0.05, 0) is 0 Å². The highest BCUT2D eigenvalue weighted by molar-refractivity contribution is 5.84. The van der Waals surface area contributed by atoms with Crippen LogP contribution in [-0.2, 0) is 14.3 Å². The first-order valence-corrected chi connectivity index (χ1v) is 4.32. The zero-order valence-corrected chi connectivity index (χ0v) is 7.10. The molecule has 2 saturated heterocycles. The van der Waals surface area contributed by atoms with E-state index in [0.717, 1.165) is 0 Å². The van der Waals surface area contributed by atoms with Crippen molar-refractivity contribution < 1.29 is 19.4 Å². The van der Waals surface area contributed by atoms with Gasteiger partial charge < -0.3 is 14.7 Å². The molecule has 0 bridgehead atoms. The van der Waals surface area contributed by atoms with E-state index in [2.05, 4.69) is 0 Å². The van der Waals surface area contributed by atoms with Crippen LogP contribution in [0.15, 0.2) is 0 Å². The number of carbonyl (C=O) groups excluding carboxylic acids is 2. The van der Waals surface area contributed by atoms with Crippen LogP contribution in [-0.4, -0.2) is 47.2 Å². The number of β-amino-alcohol motifs (C(OH)–C–C–N with tert-alkyl or cyclic N) is 1. The number of carbonyl (C=O) groups is 2. The van der Waals surface area contributed by atoms with Crippen LogP contribution in [0.4, 0.5) is 0 Å². The highest BCUT2D eigenvalue weighted by Gasteiger charge is 2.47. The zero-order chi connectivity index (χ0) is 9.42. The molecule has 13 heavy (non-hydrogen) atoms. The first-order valence-electron chi connectivity index (χ1n) is 4.32. The summed E-state index contributed by atoms with van der Waals surface area (Å²) in [5.41, 5.74) is 0. The molecule has 0 aliphatic carbocycles. The molecule has 0 aromatic rings. The average molecular weight is 185 g/mol. The smallest absolute Gasteiger partial charge is 0.308 e. The lowest BCUT2D eigenvalue weighted by Gasteiger charge is -2.20. The van der Waals surface area contributed by atoms with Crippen LogP contribution in [0.5, 0.6) is 0 Å². The van der Waals surface area contributed by atoms with Gasteiger partial charge in [-0.3, -0.25) is 9.59 Å². The van der Waals surface area contributed by atoms with Crippen molar-refractivity contribution in [2.24, 2.45) is 0 Å². The summed E-state index contributed by atoms with van der Waals surface area (Å²) in [4.78, 5) is 23.7. The summed E-state index contributed by atoms with van der Waals surface area (Å²) in [7, 11) is 0. The predicted molar refractivity (Wildman–Crippen MR) is 41.7 cm³/mol. The SMILES string of the molecule is O=C1C[C@@H]2[C@@H](CC(=O)N2CCO)O1. The second-order valence-corrected chi connectivity index (χ2v) is 3.31. The number of hydrogen-bond donors (Lipinski definition) is 1. The second kappa shape index (κ2) is 2.99. The maximum Gasteiger partial charge on any atom is 0.308 e. The fraction of sp³-hybridized carbons (Fsp3) is 0.750. The maximum absolute atomic E-state index is 11.3.